The van der Waals surface area contributed by atoms with Crippen LogP contribution in [0.3, 0.4) is 0 Å². The van der Waals surface area contributed by atoms with E-state index in [1.807, 2.05) is 0 Å². The van der Waals surface area contributed by atoms with Gasteiger partial charge in [-0.3, -0.25) is 9.97 Å². The van der Waals surface area contributed by atoms with Crippen molar-refractivity contribution in [3.05, 3.63) is 65.7 Å². The highest BCUT2D eigenvalue weighted by Gasteiger charge is 2.29. The summed E-state index contributed by atoms with van der Waals surface area (Å²) in [6.45, 7) is 8.95. The highest BCUT2D eigenvalue weighted by Crippen LogP contribution is 2.36. The lowest BCUT2D eigenvalue weighted by Crippen LogP contribution is -2.38. The standard InChI is InChI=1S/C21H26BF2N3O2/c1-5-6-8-14(13-9-7-10-15(23)16(13)24)17(18-19(22)26-12-11-25-18)27-20(28)29-21(2,3)4/h5,7,10-12,17H,1,6,8-9,22H2,2-4H3,(H,27,28)/b14-13-/t17-/m0/s1. The second-order valence-corrected chi connectivity index (χ2v) is 7.71. The van der Waals surface area contributed by atoms with Crippen molar-refractivity contribution in [2.24, 2.45) is 0 Å². The van der Waals surface area contributed by atoms with E-state index < -0.39 is 29.4 Å². The van der Waals surface area contributed by atoms with Crippen LogP contribution < -0.4 is 10.9 Å². The van der Waals surface area contributed by atoms with E-state index in [1.165, 1.54) is 12.4 Å². The smallest absolute Gasteiger partial charge is 0.408 e. The quantitative estimate of drug-likeness (QED) is 0.584. The molecule has 0 spiro atoms. The van der Waals surface area contributed by atoms with Crippen LogP contribution in [0.15, 0.2) is 60.0 Å². The van der Waals surface area contributed by atoms with Gasteiger partial charge in [-0.05, 0) is 57.3 Å². The minimum Gasteiger partial charge on any atom is -0.444 e. The average molecular weight is 401 g/mol. The molecule has 5 nitrogen and oxygen atoms in total. The van der Waals surface area contributed by atoms with Gasteiger partial charge in [-0.15, -0.1) is 6.58 Å². The van der Waals surface area contributed by atoms with Gasteiger partial charge in [-0.2, -0.15) is 0 Å². The molecular weight excluding hydrogens is 375 g/mol. The summed E-state index contributed by atoms with van der Waals surface area (Å²) in [6.07, 6.45) is 7.78. The van der Waals surface area contributed by atoms with Crippen LogP contribution in [0.2, 0.25) is 0 Å². The number of rotatable bonds is 6. The zero-order valence-corrected chi connectivity index (χ0v) is 17.3. The summed E-state index contributed by atoms with van der Waals surface area (Å²) in [5.74, 6) is -1.86. The number of halogens is 2. The van der Waals surface area contributed by atoms with E-state index in [1.54, 1.807) is 40.8 Å². The Morgan fingerprint density at radius 3 is 2.69 bits per heavy atom. The second kappa shape index (κ2) is 9.63. The molecule has 1 aliphatic rings. The van der Waals surface area contributed by atoms with E-state index in [-0.39, 0.29) is 12.0 Å². The Morgan fingerprint density at radius 1 is 1.38 bits per heavy atom. The van der Waals surface area contributed by atoms with Crippen molar-refractivity contribution in [3.8, 4) is 0 Å². The molecule has 0 fully saturated rings. The Labute approximate surface area is 171 Å². The van der Waals surface area contributed by atoms with Gasteiger partial charge in [0.15, 0.2) is 19.5 Å². The van der Waals surface area contributed by atoms with Gasteiger partial charge >= 0.3 is 6.09 Å². The molecular formula is C21H26BF2N3O2. The topological polar surface area (TPSA) is 64.1 Å². The number of aromatic nitrogens is 2. The van der Waals surface area contributed by atoms with E-state index in [0.29, 0.717) is 29.7 Å². The number of ether oxygens (including phenoxy) is 1. The number of hydrogen-bond acceptors (Lipinski definition) is 4. The zero-order chi connectivity index (χ0) is 21.6. The van der Waals surface area contributed by atoms with Gasteiger partial charge in [0, 0.05) is 18.0 Å². The predicted octanol–water partition coefficient (Wildman–Crippen LogP) is 3.67. The number of carbonyl (C=O) groups excluding carboxylic acids is 1. The van der Waals surface area contributed by atoms with E-state index in [0.717, 1.165) is 6.08 Å². The molecule has 1 aliphatic carbocycles. The molecule has 0 saturated carbocycles. The molecule has 0 bridgehead atoms. The third-order valence-corrected chi connectivity index (χ3v) is 4.27. The lowest BCUT2D eigenvalue weighted by atomic mass is 9.86. The van der Waals surface area contributed by atoms with E-state index in [4.69, 9.17) is 4.74 Å². The second-order valence-electron chi connectivity index (χ2n) is 7.71. The van der Waals surface area contributed by atoms with Crippen molar-refractivity contribution in [1.29, 1.82) is 0 Å². The van der Waals surface area contributed by atoms with Crippen LogP contribution in [0.4, 0.5) is 13.6 Å². The van der Waals surface area contributed by atoms with Crippen LogP contribution in [-0.2, 0) is 4.74 Å². The Hall–Kier alpha value is -2.77. The van der Waals surface area contributed by atoms with Crippen molar-refractivity contribution < 1.29 is 18.3 Å². The Bertz CT molecular complexity index is 873. The van der Waals surface area contributed by atoms with Crippen molar-refractivity contribution >= 4 is 19.5 Å². The summed E-state index contributed by atoms with van der Waals surface area (Å²) in [5, 5.41) is 2.78. The SMILES string of the molecule is Bc1nccnc1[C@@H](NC(=O)OC(C)(C)C)/C(CCC=C)=C1/CC=CC(F)=C1F. The van der Waals surface area contributed by atoms with Crippen LogP contribution in [0.5, 0.6) is 0 Å². The monoisotopic (exact) mass is 401 g/mol. The van der Waals surface area contributed by atoms with E-state index in [9.17, 15) is 13.6 Å². The molecule has 1 atom stereocenters. The summed E-state index contributed by atoms with van der Waals surface area (Å²) in [5.41, 5.74) is 1.01. The molecule has 1 N–H and O–H groups in total. The number of amides is 1. The Morgan fingerprint density at radius 2 is 2.07 bits per heavy atom. The van der Waals surface area contributed by atoms with Crippen molar-refractivity contribution in [2.45, 2.75) is 51.7 Å². The number of carbonyl (C=O) groups is 1. The molecule has 0 aliphatic heterocycles. The number of nitrogens with one attached hydrogen (secondary N) is 1. The summed E-state index contributed by atoms with van der Waals surface area (Å²) in [6, 6.07) is -0.821. The minimum absolute atomic E-state index is 0.193. The van der Waals surface area contributed by atoms with E-state index in [2.05, 4.69) is 21.9 Å². The summed E-state index contributed by atoms with van der Waals surface area (Å²) < 4.78 is 34.0. The fourth-order valence-corrected chi connectivity index (χ4v) is 3.03. The molecule has 1 amide bonds. The summed E-state index contributed by atoms with van der Waals surface area (Å²) in [7, 11) is 1.75. The number of nitrogens with zero attached hydrogens (tertiary/aromatic N) is 2. The fourth-order valence-electron chi connectivity index (χ4n) is 3.03. The third kappa shape index (κ3) is 6.11. The number of alkyl carbamates (subject to hydrolysis) is 1. The summed E-state index contributed by atoms with van der Waals surface area (Å²) in [4.78, 5) is 21.1. The van der Waals surface area contributed by atoms with Crippen LogP contribution in [0.25, 0.3) is 0 Å². The largest absolute Gasteiger partial charge is 0.444 e. The van der Waals surface area contributed by atoms with Gasteiger partial charge in [0.2, 0.25) is 0 Å². The van der Waals surface area contributed by atoms with Gasteiger partial charge in [-0.1, -0.05) is 12.2 Å². The first kappa shape index (κ1) is 22.5. The minimum atomic E-state index is -0.936. The first-order valence-corrected chi connectivity index (χ1v) is 9.46. The zero-order valence-electron chi connectivity index (χ0n) is 17.3. The first-order chi connectivity index (χ1) is 13.6. The maximum Gasteiger partial charge on any atom is 0.408 e. The van der Waals surface area contributed by atoms with Crippen molar-refractivity contribution in [3.63, 3.8) is 0 Å². The molecule has 154 valence electrons. The Balaban J connectivity index is 2.59. The molecule has 0 saturated heterocycles. The van der Waals surface area contributed by atoms with E-state index >= 15 is 0 Å². The molecule has 8 heteroatoms. The van der Waals surface area contributed by atoms with Gasteiger partial charge in [0.05, 0.1) is 11.7 Å². The molecule has 1 aromatic rings. The number of allylic oxidation sites excluding steroid dienone is 6. The lowest BCUT2D eigenvalue weighted by Gasteiger charge is -2.27. The first-order valence-electron chi connectivity index (χ1n) is 9.46. The van der Waals surface area contributed by atoms with Crippen LogP contribution in [0, 0.1) is 0 Å². The summed E-state index contributed by atoms with van der Waals surface area (Å²) >= 11 is 0. The molecule has 0 aromatic carbocycles. The average Bonchev–Trinajstić information content (AvgIpc) is 2.63. The molecule has 0 radical (unpaired) electrons. The molecule has 1 aromatic heterocycles. The van der Waals surface area contributed by atoms with Gasteiger partial charge in [0.25, 0.3) is 0 Å². The highest BCUT2D eigenvalue weighted by atomic mass is 19.2. The number of hydrogen-bond donors (Lipinski definition) is 1. The highest BCUT2D eigenvalue weighted by molar-refractivity contribution is 6.31. The molecule has 0 unspecified atom stereocenters. The maximum absolute atomic E-state index is 14.7. The molecule has 29 heavy (non-hydrogen) atoms. The molecule has 1 heterocycles. The van der Waals surface area contributed by atoms with Gasteiger partial charge in [-0.25, -0.2) is 13.6 Å². The van der Waals surface area contributed by atoms with Crippen LogP contribution in [0.1, 0.15) is 51.8 Å². The van der Waals surface area contributed by atoms with Crippen molar-refractivity contribution in [2.75, 3.05) is 0 Å². The third-order valence-electron chi connectivity index (χ3n) is 4.27. The normalized spacial score (nSPS) is 17.0. The van der Waals surface area contributed by atoms with Crippen LogP contribution >= 0.6 is 0 Å². The lowest BCUT2D eigenvalue weighted by molar-refractivity contribution is 0.0509. The maximum atomic E-state index is 14.7. The Kier molecular flexibility index (Phi) is 7.48. The van der Waals surface area contributed by atoms with Gasteiger partial charge in [0.1, 0.15) is 5.60 Å². The molecule has 2 rings (SSSR count). The van der Waals surface area contributed by atoms with Crippen molar-refractivity contribution in [1.82, 2.24) is 15.3 Å². The predicted molar refractivity (Wildman–Crippen MR) is 112 cm³/mol. The fraction of sp³-hybridized carbons (Fsp3) is 0.381. The van der Waals surface area contributed by atoms with Crippen LogP contribution in [-0.4, -0.2) is 29.5 Å². The van der Waals surface area contributed by atoms with Gasteiger partial charge < -0.3 is 10.1 Å².